The SMILES string of the molecule is COC1CCN(C(=O)c2ccc(N3CCCCCC3)c([N+](=O)[O-])c2)CC1. The molecule has 3 rings (SSSR count). The first-order chi connectivity index (χ1) is 12.6. The standard InChI is InChI=1S/C19H27N3O4/c1-26-16-8-12-21(13-9-16)19(23)15-6-7-17(18(14-15)22(24)25)20-10-4-2-3-5-11-20/h6-7,14,16H,2-5,8-13H2,1H3. The van der Waals surface area contributed by atoms with Gasteiger partial charge in [0.25, 0.3) is 11.6 Å². The highest BCUT2D eigenvalue weighted by molar-refractivity contribution is 5.96. The van der Waals surface area contributed by atoms with Crippen molar-refractivity contribution in [1.82, 2.24) is 4.90 Å². The topological polar surface area (TPSA) is 75.9 Å². The summed E-state index contributed by atoms with van der Waals surface area (Å²) in [6.07, 6.45) is 6.22. The number of rotatable bonds is 4. The lowest BCUT2D eigenvalue weighted by molar-refractivity contribution is -0.384. The smallest absolute Gasteiger partial charge is 0.293 e. The first-order valence-electron chi connectivity index (χ1n) is 9.45. The van der Waals surface area contributed by atoms with Crippen LogP contribution < -0.4 is 4.90 Å². The Hall–Kier alpha value is -2.15. The summed E-state index contributed by atoms with van der Waals surface area (Å²) in [5.41, 5.74) is 1.06. The van der Waals surface area contributed by atoms with Crippen molar-refractivity contribution < 1.29 is 14.5 Å². The number of nitro groups is 1. The number of carbonyl (C=O) groups excluding carboxylic acids is 1. The quantitative estimate of drug-likeness (QED) is 0.608. The van der Waals surface area contributed by atoms with Crippen molar-refractivity contribution in [3.8, 4) is 0 Å². The average molecular weight is 361 g/mol. The number of hydrogen-bond donors (Lipinski definition) is 0. The molecule has 0 bridgehead atoms. The van der Waals surface area contributed by atoms with Crippen LogP contribution in [0.25, 0.3) is 0 Å². The van der Waals surface area contributed by atoms with E-state index in [1.54, 1.807) is 24.1 Å². The Balaban J connectivity index is 1.79. The van der Waals surface area contributed by atoms with E-state index >= 15 is 0 Å². The molecule has 0 atom stereocenters. The van der Waals surface area contributed by atoms with E-state index in [0.717, 1.165) is 51.6 Å². The molecule has 2 fully saturated rings. The van der Waals surface area contributed by atoms with E-state index < -0.39 is 0 Å². The lowest BCUT2D eigenvalue weighted by atomic mass is 10.1. The predicted molar refractivity (Wildman–Crippen MR) is 99.7 cm³/mol. The molecule has 7 heteroatoms. The lowest BCUT2D eigenvalue weighted by Gasteiger charge is -2.31. The number of nitro benzene ring substituents is 1. The van der Waals surface area contributed by atoms with Crippen molar-refractivity contribution in [3.63, 3.8) is 0 Å². The van der Waals surface area contributed by atoms with Gasteiger partial charge in [0.15, 0.2) is 0 Å². The molecule has 2 aliphatic rings. The summed E-state index contributed by atoms with van der Waals surface area (Å²) in [6, 6.07) is 4.93. The van der Waals surface area contributed by atoms with Gasteiger partial charge in [-0.2, -0.15) is 0 Å². The Morgan fingerprint density at radius 2 is 1.77 bits per heavy atom. The van der Waals surface area contributed by atoms with E-state index in [9.17, 15) is 14.9 Å². The molecule has 0 radical (unpaired) electrons. The number of ether oxygens (including phenoxy) is 1. The van der Waals surface area contributed by atoms with Gasteiger partial charge in [0.2, 0.25) is 0 Å². The Labute approximate surface area is 154 Å². The van der Waals surface area contributed by atoms with Crippen LogP contribution in [0.1, 0.15) is 48.9 Å². The Kier molecular flexibility index (Phi) is 6.08. The van der Waals surface area contributed by atoms with Gasteiger partial charge in [-0.3, -0.25) is 14.9 Å². The molecule has 2 saturated heterocycles. The number of likely N-dealkylation sites (tertiary alicyclic amines) is 1. The van der Waals surface area contributed by atoms with Gasteiger partial charge in [-0.25, -0.2) is 0 Å². The Morgan fingerprint density at radius 3 is 2.35 bits per heavy atom. The number of anilines is 1. The highest BCUT2D eigenvalue weighted by atomic mass is 16.6. The fourth-order valence-electron chi connectivity index (χ4n) is 3.86. The summed E-state index contributed by atoms with van der Waals surface area (Å²) in [4.78, 5) is 27.9. The number of hydrogen-bond acceptors (Lipinski definition) is 5. The van der Waals surface area contributed by atoms with E-state index in [1.165, 1.54) is 6.07 Å². The summed E-state index contributed by atoms with van der Waals surface area (Å²) in [6.45, 7) is 2.91. The van der Waals surface area contributed by atoms with Crippen LogP contribution in [0.15, 0.2) is 18.2 Å². The van der Waals surface area contributed by atoms with E-state index in [0.29, 0.717) is 24.3 Å². The fraction of sp³-hybridized carbons (Fsp3) is 0.632. The third kappa shape index (κ3) is 4.15. The van der Waals surface area contributed by atoms with Crippen molar-refractivity contribution in [3.05, 3.63) is 33.9 Å². The summed E-state index contributed by atoms with van der Waals surface area (Å²) in [7, 11) is 1.69. The highest BCUT2D eigenvalue weighted by Gasteiger charge is 2.27. The maximum atomic E-state index is 12.8. The zero-order valence-electron chi connectivity index (χ0n) is 15.4. The van der Waals surface area contributed by atoms with Crippen molar-refractivity contribution in [2.45, 2.75) is 44.6 Å². The molecule has 142 valence electrons. The third-order valence-electron chi connectivity index (χ3n) is 5.43. The van der Waals surface area contributed by atoms with Gasteiger partial charge in [0, 0.05) is 44.9 Å². The monoisotopic (exact) mass is 361 g/mol. The minimum absolute atomic E-state index is 0.0320. The number of carbonyl (C=O) groups is 1. The molecular weight excluding hydrogens is 334 g/mol. The van der Waals surface area contributed by atoms with Gasteiger partial charge in [-0.1, -0.05) is 12.8 Å². The van der Waals surface area contributed by atoms with Gasteiger partial charge >= 0.3 is 0 Å². The molecule has 2 aliphatic heterocycles. The normalized spacial score (nSPS) is 19.3. The van der Waals surface area contributed by atoms with E-state index in [4.69, 9.17) is 4.74 Å². The van der Waals surface area contributed by atoms with Gasteiger partial charge in [0.1, 0.15) is 5.69 Å². The van der Waals surface area contributed by atoms with Crippen molar-refractivity contribution in [2.24, 2.45) is 0 Å². The summed E-state index contributed by atoms with van der Waals surface area (Å²) in [5, 5.41) is 11.6. The number of amides is 1. The third-order valence-corrected chi connectivity index (χ3v) is 5.43. The highest BCUT2D eigenvalue weighted by Crippen LogP contribution is 2.31. The van der Waals surface area contributed by atoms with Crippen LogP contribution in [0.5, 0.6) is 0 Å². The Morgan fingerprint density at radius 1 is 1.12 bits per heavy atom. The minimum atomic E-state index is -0.367. The molecule has 26 heavy (non-hydrogen) atoms. The van der Waals surface area contributed by atoms with E-state index in [2.05, 4.69) is 4.90 Å². The molecule has 0 spiro atoms. The number of piperidine rings is 1. The van der Waals surface area contributed by atoms with Crippen LogP contribution in [0, 0.1) is 10.1 Å². The van der Waals surface area contributed by atoms with Gasteiger partial charge < -0.3 is 14.5 Å². The summed E-state index contributed by atoms with van der Waals surface area (Å²) >= 11 is 0. The van der Waals surface area contributed by atoms with E-state index in [-0.39, 0.29) is 22.6 Å². The van der Waals surface area contributed by atoms with Crippen molar-refractivity contribution >= 4 is 17.3 Å². The second-order valence-electron chi connectivity index (χ2n) is 7.09. The van der Waals surface area contributed by atoms with Crippen LogP contribution in [0.4, 0.5) is 11.4 Å². The molecule has 1 aromatic carbocycles. The Bertz CT molecular complexity index is 648. The summed E-state index contributed by atoms with van der Waals surface area (Å²) in [5.74, 6) is -0.134. The van der Waals surface area contributed by atoms with Crippen LogP contribution in [0.3, 0.4) is 0 Å². The molecule has 0 aromatic heterocycles. The molecule has 0 unspecified atom stereocenters. The first kappa shape index (κ1) is 18.6. The molecule has 1 aromatic rings. The van der Waals surface area contributed by atoms with Gasteiger partial charge in [-0.15, -0.1) is 0 Å². The maximum absolute atomic E-state index is 12.8. The molecule has 0 N–H and O–H groups in total. The van der Waals surface area contributed by atoms with Crippen LogP contribution in [-0.4, -0.2) is 55.1 Å². The molecule has 1 amide bonds. The second-order valence-corrected chi connectivity index (χ2v) is 7.09. The molecule has 7 nitrogen and oxygen atoms in total. The molecule has 0 aliphatic carbocycles. The zero-order chi connectivity index (χ0) is 18.5. The average Bonchev–Trinajstić information content (AvgIpc) is 2.96. The lowest BCUT2D eigenvalue weighted by Crippen LogP contribution is -2.40. The minimum Gasteiger partial charge on any atom is -0.381 e. The van der Waals surface area contributed by atoms with Crippen molar-refractivity contribution in [2.75, 3.05) is 38.2 Å². The van der Waals surface area contributed by atoms with Crippen molar-refractivity contribution in [1.29, 1.82) is 0 Å². The number of methoxy groups -OCH3 is 1. The van der Waals surface area contributed by atoms with Gasteiger partial charge in [0.05, 0.1) is 11.0 Å². The molecular formula is C19H27N3O4. The van der Waals surface area contributed by atoms with Crippen LogP contribution in [-0.2, 0) is 4.74 Å². The first-order valence-corrected chi connectivity index (χ1v) is 9.45. The molecule has 0 saturated carbocycles. The fourth-order valence-corrected chi connectivity index (χ4v) is 3.86. The number of benzene rings is 1. The van der Waals surface area contributed by atoms with Crippen LogP contribution in [0.2, 0.25) is 0 Å². The maximum Gasteiger partial charge on any atom is 0.293 e. The largest absolute Gasteiger partial charge is 0.381 e. The van der Waals surface area contributed by atoms with Gasteiger partial charge in [-0.05, 0) is 37.8 Å². The zero-order valence-corrected chi connectivity index (χ0v) is 15.4. The number of nitrogens with zero attached hydrogens (tertiary/aromatic N) is 3. The summed E-state index contributed by atoms with van der Waals surface area (Å²) < 4.78 is 5.34. The second kappa shape index (κ2) is 8.49. The van der Waals surface area contributed by atoms with E-state index in [1.807, 2.05) is 0 Å². The predicted octanol–water partition coefficient (Wildman–Crippen LogP) is 3.23. The molecule has 2 heterocycles. The van der Waals surface area contributed by atoms with Crippen LogP contribution >= 0.6 is 0 Å².